The first-order chi connectivity index (χ1) is 26.5. The highest BCUT2D eigenvalue weighted by atomic mass is 32.1. The average Bonchev–Trinajstić information content (AvgIpc) is 3.92. The molecule has 0 unspecified atom stereocenters. The zero-order valence-electron chi connectivity index (χ0n) is 29.2. The van der Waals surface area contributed by atoms with Gasteiger partial charge in [-0.25, -0.2) is 15.0 Å². The third kappa shape index (κ3) is 7.85. The van der Waals surface area contributed by atoms with Crippen LogP contribution >= 0.6 is 11.3 Å². The molecule has 4 aromatic heterocycles. The lowest BCUT2D eigenvalue weighted by Gasteiger charge is -2.27. The lowest BCUT2D eigenvalue weighted by Crippen LogP contribution is -2.44. The highest BCUT2D eigenvalue weighted by molar-refractivity contribution is 7.17. The van der Waals surface area contributed by atoms with Crippen LogP contribution in [0.25, 0.3) is 22.5 Å². The molecule has 6 aromatic rings. The van der Waals surface area contributed by atoms with Crippen LogP contribution in [-0.4, -0.2) is 84.1 Å². The number of nitrogen functional groups attached to an aromatic ring is 1. The number of hydrogen-bond acceptors (Lipinski definition) is 14. The molecule has 7 N–H and O–H groups in total. The van der Waals surface area contributed by atoms with E-state index >= 15 is 0 Å². The Kier molecular flexibility index (Phi) is 10.1. The fourth-order valence-electron chi connectivity index (χ4n) is 6.25. The maximum Gasteiger partial charge on any atom is 0.284 e. The van der Waals surface area contributed by atoms with E-state index in [1.165, 1.54) is 17.5 Å². The number of amides is 2. The molecule has 0 radical (unpaired) electrons. The summed E-state index contributed by atoms with van der Waals surface area (Å²) in [6.45, 7) is 6.92. The number of hydrogen-bond donors (Lipinski definition) is 6. The first kappa shape index (κ1) is 34.7. The van der Waals surface area contributed by atoms with Gasteiger partial charge in [-0.1, -0.05) is 17.4 Å². The van der Waals surface area contributed by atoms with Crippen molar-refractivity contribution in [2.24, 2.45) is 0 Å². The normalized spacial score (nSPS) is 14.4. The molecule has 0 spiro atoms. The molecule has 0 saturated carbocycles. The van der Waals surface area contributed by atoms with Gasteiger partial charge in [-0.05, 0) is 59.7 Å². The van der Waals surface area contributed by atoms with Crippen molar-refractivity contribution in [1.29, 1.82) is 0 Å². The lowest BCUT2D eigenvalue weighted by molar-refractivity contribution is 0.101. The van der Waals surface area contributed by atoms with Gasteiger partial charge < -0.3 is 46.5 Å². The summed E-state index contributed by atoms with van der Waals surface area (Å²) in [5, 5.41) is 17.2. The van der Waals surface area contributed by atoms with Crippen LogP contribution in [0.3, 0.4) is 0 Å². The van der Waals surface area contributed by atoms with Gasteiger partial charge in [-0.2, -0.15) is 0 Å². The number of thiazole rings is 1. The van der Waals surface area contributed by atoms with Crippen LogP contribution in [0.1, 0.15) is 20.3 Å². The summed E-state index contributed by atoms with van der Waals surface area (Å²) in [7, 11) is 0. The Balaban J connectivity index is 0.990. The first-order valence-corrected chi connectivity index (χ1v) is 18.4. The van der Waals surface area contributed by atoms with Crippen molar-refractivity contribution in [3.63, 3.8) is 0 Å². The van der Waals surface area contributed by atoms with Gasteiger partial charge in [0.1, 0.15) is 22.3 Å². The molecule has 16 heteroatoms. The number of piperazine rings is 2. The number of furan rings is 1. The second kappa shape index (κ2) is 15.7. The van der Waals surface area contributed by atoms with Crippen molar-refractivity contribution in [1.82, 2.24) is 30.6 Å². The van der Waals surface area contributed by atoms with Crippen LogP contribution in [-0.2, 0) is 0 Å². The van der Waals surface area contributed by atoms with Crippen molar-refractivity contribution in [2.45, 2.75) is 0 Å². The molecule has 2 aromatic carbocycles. The maximum atomic E-state index is 13.6. The molecule has 2 saturated heterocycles. The fourth-order valence-corrected chi connectivity index (χ4v) is 7.12. The van der Waals surface area contributed by atoms with Gasteiger partial charge in [0.15, 0.2) is 10.9 Å². The summed E-state index contributed by atoms with van der Waals surface area (Å²) >= 11 is 1.37. The average molecular weight is 743 g/mol. The highest BCUT2D eigenvalue weighted by Crippen LogP contribution is 2.35. The van der Waals surface area contributed by atoms with Crippen LogP contribution in [0, 0.1) is 0 Å². The Hall–Kier alpha value is -6.36. The molecule has 54 heavy (non-hydrogen) atoms. The van der Waals surface area contributed by atoms with Crippen molar-refractivity contribution in [2.75, 3.05) is 83.8 Å². The van der Waals surface area contributed by atoms with Crippen molar-refractivity contribution in [3.05, 3.63) is 102 Å². The molecule has 0 atom stereocenters. The number of nitrogens with one attached hydrogen (secondary N) is 5. The number of pyridine rings is 1. The molecule has 2 amide bonds. The van der Waals surface area contributed by atoms with E-state index in [4.69, 9.17) is 10.2 Å². The first-order valence-electron chi connectivity index (χ1n) is 17.6. The molecule has 2 aliphatic rings. The van der Waals surface area contributed by atoms with E-state index in [1.54, 1.807) is 43.0 Å². The van der Waals surface area contributed by atoms with Crippen molar-refractivity contribution in [3.8, 4) is 22.5 Å². The summed E-state index contributed by atoms with van der Waals surface area (Å²) in [6, 6.07) is 18.4. The van der Waals surface area contributed by atoms with Gasteiger partial charge >= 0.3 is 0 Å². The molecule has 0 bridgehead atoms. The van der Waals surface area contributed by atoms with Gasteiger partial charge in [-0.3, -0.25) is 14.6 Å². The SMILES string of the molecule is Nc1ccc(-c2ccc(Nc3ccc(-c4ccncc4)cc3NC(=O)c3ncc(N4CCNCC4)s3)o2)cc1NC(=O)c1cnc(N2CCNCC2)cn1. The third-order valence-electron chi connectivity index (χ3n) is 9.16. The Morgan fingerprint density at radius 2 is 1.43 bits per heavy atom. The Labute approximate surface area is 315 Å². The monoisotopic (exact) mass is 742 g/mol. The Morgan fingerprint density at radius 3 is 2.19 bits per heavy atom. The lowest BCUT2D eigenvalue weighted by atomic mass is 10.1. The number of benzene rings is 2. The van der Waals surface area contributed by atoms with E-state index in [-0.39, 0.29) is 11.6 Å². The van der Waals surface area contributed by atoms with E-state index in [0.29, 0.717) is 45.0 Å². The van der Waals surface area contributed by atoms with Crippen LogP contribution in [0.4, 0.5) is 39.5 Å². The molecule has 274 valence electrons. The molecular formula is C38H38N12O3S. The molecule has 15 nitrogen and oxygen atoms in total. The summed E-state index contributed by atoms with van der Waals surface area (Å²) in [6.07, 6.45) is 8.30. The van der Waals surface area contributed by atoms with Gasteiger partial charge in [0.2, 0.25) is 0 Å². The van der Waals surface area contributed by atoms with Gasteiger partial charge in [0.05, 0.1) is 41.3 Å². The number of anilines is 7. The smallest absolute Gasteiger partial charge is 0.284 e. The minimum Gasteiger partial charge on any atom is -0.440 e. The zero-order chi connectivity index (χ0) is 36.9. The van der Waals surface area contributed by atoms with E-state index in [9.17, 15) is 9.59 Å². The largest absolute Gasteiger partial charge is 0.440 e. The summed E-state index contributed by atoms with van der Waals surface area (Å²) in [5.74, 6) is 0.970. The standard InChI is InChI=1S/C38H38N12O3S/c39-27-3-1-26(20-29(27)47-36(51)31-21-44-33(22-43-31)49-15-11-41-12-16-49)32-5-6-34(53-32)46-28-4-2-25(24-7-9-40-10-8-24)19-30(28)48-37(52)38-45-23-35(54-38)50-17-13-42-14-18-50/h1-10,19-23,41-42,46H,11-18,39H2,(H,47,51)(H,48,52). The number of carbonyl (C=O) groups is 2. The van der Waals surface area contributed by atoms with Gasteiger partial charge in [0, 0.05) is 76.4 Å². The molecule has 2 aliphatic heterocycles. The van der Waals surface area contributed by atoms with Crippen LogP contribution in [0.2, 0.25) is 0 Å². The summed E-state index contributed by atoms with van der Waals surface area (Å²) in [4.78, 5) is 48.4. The van der Waals surface area contributed by atoms with Gasteiger partial charge in [-0.15, -0.1) is 0 Å². The molecule has 2 fully saturated rings. The zero-order valence-corrected chi connectivity index (χ0v) is 30.0. The summed E-state index contributed by atoms with van der Waals surface area (Å²) < 4.78 is 6.22. The molecule has 0 aliphatic carbocycles. The fraction of sp³-hybridized carbons (Fsp3) is 0.211. The second-order valence-corrected chi connectivity index (χ2v) is 13.7. The number of aromatic nitrogens is 4. The summed E-state index contributed by atoms with van der Waals surface area (Å²) in [5.41, 5.74) is 11.0. The Bertz CT molecular complexity index is 2250. The van der Waals surface area contributed by atoms with E-state index < -0.39 is 5.91 Å². The van der Waals surface area contributed by atoms with E-state index in [1.807, 2.05) is 42.5 Å². The van der Waals surface area contributed by atoms with Crippen LogP contribution in [0.15, 0.2) is 96.1 Å². The third-order valence-corrected chi connectivity index (χ3v) is 10.2. The van der Waals surface area contributed by atoms with E-state index in [0.717, 1.165) is 74.3 Å². The van der Waals surface area contributed by atoms with Gasteiger partial charge in [0.25, 0.3) is 11.8 Å². The number of rotatable bonds is 10. The Morgan fingerprint density at radius 1 is 0.704 bits per heavy atom. The highest BCUT2D eigenvalue weighted by Gasteiger charge is 2.20. The number of carbonyl (C=O) groups excluding carboxylic acids is 2. The minimum absolute atomic E-state index is 0.177. The quantitative estimate of drug-likeness (QED) is 0.104. The van der Waals surface area contributed by atoms with Crippen LogP contribution in [0.5, 0.6) is 0 Å². The van der Waals surface area contributed by atoms with E-state index in [2.05, 4.69) is 56.3 Å². The predicted molar refractivity (Wildman–Crippen MR) is 212 cm³/mol. The topological polar surface area (TPSA) is 191 Å². The number of nitrogens with two attached hydrogens (primary N) is 1. The number of nitrogens with zero attached hydrogens (tertiary/aromatic N) is 6. The maximum absolute atomic E-state index is 13.6. The minimum atomic E-state index is -0.428. The van der Waals surface area contributed by atoms with Crippen molar-refractivity contribution >= 4 is 62.6 Å². The molecule has 6 heterocycles. The van der Waals surface area contributed by atoms with Crippen molar-refractivity contribution < 1.29 is 14.0 Å². The molecule has 8 rings (SSSR count). The molecular weight excluding hydrogens is 705 g/mol. The second-order valence-electron chi connectivity index (χ2n) is 12.7. The van der Waals surface area contributed by atoms with Crippen LogP contribution < -0.4 is 42.1 Å². The predicted octanol–water partition coefficient (Wildman–Crippen LogP) is 4.90.